The van der Waals surface area contributed by atoms with Crippen LogP contribution in [0.4, 0.5) is 0 Å². The zero-order valence-corrected chi connectivity index (χ0v) is 19.1. The Morgan fingerprint density at radius 2 is 2.03 bits per heavy atom. The van der Waals surface area contributed by atoms with Crippen LogP contribution in [0.2, 0.25) is 0 Å². The van der Waals surface area contributed by atoms with E-state index in [1.54, 1.807) is 30.2 Å². The number of hydrogen-bond donors (Lipinski definition) is 1. The number of ketones is 1. The van der Waals surface area contributed by atoms with E-state index in [0.717, 1.165) is 10.4 Å². The predicted molar refractivity (Wildman–Crippen MR) is 117 cm³/mol. The zero-order chi connectivity index (χ0) is 21.3. The van der Waals surface area contributed by atoms with E-state index in [1.807, 2.05) is 37.4 Å². The SMILES string of the molecule is COc1ccc(/C(O)=C2/C(=O)C(=O)N(CCN(C)C)C2c2sccc2C)cc1Br. The molecule has 1 aliphatic heterocycles. The van der Waals surface area contributed by atoms with E-state index in [9.17, 15) is 14.7 Å². The molecule has 6 nitrogen and oxygen atoms in total. The molecule has 1 amide bonds. The van der Waals surface area contributed by atoms with Crippen molar-refractivity contribution >= 4 is 44.7 Å². The molecule has 1 atom stereocenters. The molecule has 1 unspecified atom stereocenters. The quantitative estimate of drug-likeness (QED) is 0.388. The maximum absolute atomic E-state index is 12.9. The fourth-order valence-electron chi connectivity index (χ4n) is 3.32. The van der Waals surface area contributed by atoms with Crippen LogP contribution < -0.4 is 4.74 Å². The van der Waals surface area contributed by atoms with Crippen molar-refractivity contribution in [3.05, 3.63) is 55.7 Å². The van der Waals surface area contributed by atoms with Crippen molar-refractivity contribution < 1.29 is 19.4 Å². The molecule has 1 aromatic carbocycles. The standard InChI is InChI=1S/C21H23BrN2O4S/c1-12-7-10-29-20(12)17-16(19(26)21(27)24(17)9-8-23(2)3)18(25)13-5-6-15(28-4)14(22)11-13/h5-7,10-11,17,25H,8-9H2,1-4H3/b18-16-. The van der Waals surface area contributed by atoms with Gasteiger partial charge in [0, 0.05) is 23.5 Å². The lowest BCUT2D eigenvalue weighted by molar-refractivity contribution is -0.140. The van der Waals surface area contributed by atoms with Gasteiger partial charge in [-0.3, -0.25) is 9.59 Å². The molecule has 0 saturated carbocycles. The molecule has 2 heterocycles. The molecule has 1 aromatic heterocycles. The van der Waals surface area contributed by atoms with Crippen LogP contribution in [0.5, 0.6) is 5.75 Å². The Balaban J connectivity index is 2.14. The van der Waals surface area contributed by atoms with Crippen molar-refractivity contribution in [2.45, 2.75) is 13.0 Å². The van der Waals surface area contributed by atoms with Gasteiger partial charge in [-0.25, -0.2) is 0 Å². The van der Waals surface area contributed by atoms with Gasteiger partial charge in [0.2, 0.25) is 0 Å². The number of carbonyl (C=O) groups excluding carboxylic acids is 2. The minimum atomic E-state index is -0.661. The molecular formula is C21H23BrN2O4S. The zero-order valence-electron chi connectivity index (χ0n) is 16.7. The monoisotopic (exact) mass is 478 g/mol. The van der Waals surface area contributed by atoms with E-state index in [0.29, 0.717) is 28.9 Å². The number of amides is 1. The average Bonchev–Trinajstić information content (AvgIpc) is 3.20. The second-order valence-corrected chi connectivity index (χ2v) is 8.91. The summed E-state index contributed by atoms with van der Waals surface area (Å²) < 4.78 is 5.88. The number of methoxy groups -OCH3 is 1. The van der Waals surface area contributed by atoms with Crippen LogP contribution in [-0.4, -0.2) is 60.9 Å². The summed E-state index contributed by atoms with van der Waals surface area (Å²) in [5.74, 6) is -0.819. The minimum absolute atomic E-state index is 0.122. The van der Waals surface area contributed by atoms with Crippen LogP contribution >= 0.6 is 27.3 Å². The lowest BCUT2D eigenvalue weighted by atomic mass is 9.98. The van der Waals surface area contributed by atoms with Crippen LogP contribution in [0.1, 0.15) is 22.0 Å². The van der Waals surface area contributed by atoms with Crippen LogP contribution in [0.25, 0.3) is 5.76 Å². The Hall–Kier alpha value is -2.16. The lowest BCUT2D eigenvalue weighted by Gasteiger charge is -2.26. The number of rotatable bonds is 6. The van der Waals surface area contributed by atoms with E-state index < -0.39 is 17.7 Å². The molecule has 0 spiro atoms. The molecular weight excluding hydrogens is 456 g/mol. The highest BCUT2D eigenvalue weighted by Gasteiger charge is 2.46. The highest BCUT2D eigenvalue weighted by Crippen LogP contribution is 2.43. The molecule has 1 fully saturated rings. The Kier molecular flexibility index (Phi) is 6.45. The predicted octanol–water partition coefficient (Wildman–Crippen LogP) is 3.81. The first-order chi connectivity index (χ1) is 13.8. The molecule has 2 aromatic rings. The fraction of sp³-hybridized carbons (Fsp3) is 0.333. The number of Topliss-reactive ketones (excluding diaryl/α,β-unsaturated/α-hetero) is 1. The molecule has 3 rings (SSSR count). The summed E-state index contributed by atoms with van der Waals surface area (Å²) >= 11 is 4.89. The summed E-state index contributed by atoms with van der Waals surface area (Å²) in [6.45, 7) is 2.95. The number of thiophene rings is 1. The fourth-order valence-corrected chi connectivity index (χ4v) is 4.91. The Labute approximate surface area is 182 Å². The molecule has 8 heteroatoms. The van der Waals surface area contributed by atoms with Gasteiger partial charge in [-0.1, -0.05) is 0 Å². The van der Waals surface area contributed by atoms with Gasteiger partial charge >= 0.3 is 0 Å². The van der Waals surface area contributed by atoms with Gasteiger partial charge in [-0.2, -0.15) is 0 Å². The normalized spacial score (nSPS) is 18.7. The number of nitrogens with zero attached hydrogens (tertiary/aromatic N) is 2. The van der Waals surface area contributed by atoms with Crippen LogP contribution in [-0.2, 0) is 9.59 Å². The maximum Gasteiger partial charge on any atom is 0.295 e. The van der Waals surface area contributed by atoms with E-state index >= 15 is 0 Å². The average molecular weight is 479 g/mol. The first kappa shape index (κ1) is 21.5. The summed E-state index contributed by atoms with van der Waals surface area (Å²) in [6, 6.07) is 6.41. The Morgan fingerprint density at radius 3 is 2.59 bits per heavy atom. The number of carbonyl (C=O) groups is 2. The van der Waals surface area contributed by atoms with Gasteiger partial charge in [0.1, 0.15) is 11.5 Å². The number of aliphatic hydroxyl groups is 1. The van der Waals surface area contributed by atoms with Crippen molar-refractivity contribution in [3.63, 3.8) is 0 Å². The van der Waals surface area contributed by atoms with E-state index in [4.69, 9.17) is 4.74 Å². The lowest BCUT2D eigenvalue weighted by Crippen LogP contribution is -2.35. The molecule has 0 aliphatic carbocycles. The Morgan fingerprint density at radius 1 is 1.31 bits per heavy atom. The number of ether oxygens (including phenoxy) is 1. The molecule has 154 valence electrons. The van der Waals surface area contributed by atoms with Gasteiger partial charge < -0.3 is 19.6 Å². The largest absolute Gasteiger partial charge is 0.507 e. The second kappa shape index (κ2) is 8.69. The van der Waals surface area contributed by atoms with Crippen molar-refractivity contribution in [2.75, 3.05) is 34.3 Å². The molecule has 1 N–H and O–H groups in total. The number of aliphatic hydroxyl groups excluding tert-OH is 1. The summed E-state index contributed by atoms with van der Waals surface area (Å²) in [4.78, 5) is 30.2. The van der Waals surface area contributed by atoms with Crippen LogP contribution in [0.3, 0.4) is 0 Å². The first-order valence-corrected chi connectivity index (χ1v) is 10.7. The molecule has 1 aliphatic rings. The highest BCUT2D eigenvalue weighted by atomic mass is 79.9. The van der Waals surface area contributed by atoms with Crippen molar-refractivity contribution in [1.29, 1.82) is 0 Å². The molecule has 0 radical (unpaired) electrons. The number of hydrogen-bond acceptors (Lipinski definition) is 6. The van der Waals surface area contributed by atoms with Crippen LogP contribution in [0.15, 0.2) is 39.7 Å². The van der Waals surface area contributed by atoms with Crippen LogP contribution in [0, 0.1) is 6.92 Å². The minimum Gasteiger partial charge on any atom is -0.507 e. The van der Waals surface area contributed by atoms with Gasteiger partial charge in [0.05, 0.1) is 23.2 Å². The molecule has 0 bridgehead atoms. The second-order valence-electron chi connectivity index (χ2n) is 7.11. The summed E-state index contributed by atoms with van der Waals surface area (Å²) in [6.07, 6.45) is 0. The third-order valence-electron chi connectivity index (χ3n) is 4.90. The van der Waals surface area contributed by atoms with Gasteiger partial charge in [-0.05, 0) is 72.2 Å². The van der Waals surface area contributed by atoms with Gasteiger partial charge in [0.25, 0.3) is 11.7 Å². The van der Waals surface area contributed by atoms with E-state index in [-0.39, 0.29) is 11.3 Å². The number of likely N-dealkylation sites (tertiary alicyclic amines) is 1. The number of aryl methyl sites for hydroxylation is 1. The number of likely N-dealkylation sites (N-methyl/N-ethyl adjacent to an activating group) is 1. The molecule has 29 heavy (non-hydrogen) atoms. The smallest absolute Gasteiger partial charge is 0.295 e. The number of benzene rings is 1. The summed E-state index contributed by atoms with van der Waals surface area (Å²) in [5, 5.41) is 13.0. The molecule has 1 saturated heterocycles. The van der Waals surface area contributed by atoms with E-state index in [1.165, 1.54) is 11.3 Å². The van der Waals surface area contributed by atoms with Crippen molar-refractivity contribution in [3.8, 4) is 5.75 Å². The summed E-state index contributed by atoms with van der Waals surface area (Å²) in [7, 11) is 5.38. The maximum atomic E-state index is 12.9. The van der Waals surface area contributed by atoms with Gasteiger partial charge in [0.15, 0.2) is 0 Å². The summed E-state index contributed by atoms with van der Waals surface area (Å²) in [5.41, 5.74) is 1.55. The Bertz CT molecular complexity index is 983. The van der Waals surface area contributed by atoms with E-state index in [2.05, 4.69) is 15.9 Å². The van der Waals surface area contributed by atoms with Gasteiger partial charge in [-0.15, -0.1) is 11.3 Å². The van der Waals surface area contributed by atoms with Crippen molar-refractivity contribution in [1.82, 2.24) is 9.80 Å². The third-order valence-corrected chi connectivity index (χ3v) is 6.59. The third kappa shape index (κ3) is 4.10. The van der Waals surface area contributed by atoms with Crippen molar-refractivity contribution in [2.24, 2.45) is 0 Å². The topological polar surface area (TPSA) is 70.1 Å². The number of halogens is 1. The highest BCUT2D eigenvalue weighted by molar-refractivity contribution is 9.10. The first-order valence-electron chi connectivity index (χ1n) is 9.07.